The van der Waals surface area contributed by atoms with Crippen molar-refractivity contribution in [2.75, 3.05) is 17.9 Å². The number of nitrogens with zero attached hydrogens (tertiary/aromatic N) is 4. The minimum Gasteiger partial charge on any atom is -0.380 e. The third kappa shape index (κ3) is 3.43. The van der Waals surface area contributed by atoms with Crippen molar-refractivity contribution >= 4 is 22.6 Å². The first-order valence-electron chi connectivity index (χ1n) is 11.5. The zero-order valence-electron chi connectivity index (χ0n) is 18.3. The van der Waals surface area contributed by atoms with Crippen LogP contribution in [0.25, 0.3) is 11.0 Å². The van der Waals surface area contributed by atoms with Gasteiger partial charge in [-0.1, -0.05) is 12.1 Å². The molecular weight excluding hydrogens is 404 g/mol. The number of amides is 1. The molecule has 4 fully saturated rings. The number of ether oxygens (including phenoxy) is 1. The van der Waals surface area contributed by atoms with Crippen LogP contribution in [-0.2, 0) is 11.3 Å². The molecule has 0 aliphatic heterocycles. The highest BCUT2D eigenvalue weighted by molar-refractivity contribution is 6.10. The largest absolute Gasteiger partial charge is 0.380 e. The fourth-order valence-electron chi connectivity index (χ4n) is 6.62. The van der Waals surface area contributed by atoms with Crippen LogP contribution < -0.4 is 10.7 Å². The second-order valence-corrected chi connectivity index (χ2v) is 9.91. The minimum absolute atomic E-state index is 0.0591. The Kier molecular flexibility index (Phi) is 4.64. The van der Waals surface area contributed by atoms with Gasteiger partial charge in [-0.2, -0.15) is 4.79 Å². The number of anilines is 1. The van der Waals surface area contributed by atoms with Gasteiger partial charge in [-0.15, -0.1) is 5.10 Å². The summed E-state index contributed by atoms with van der Waals surface area (Å²) in [5, 5.41) is 8.28. The Bertz CT molecular complexity index is 1120. The molecule has 2 aromatic heterocycles. The molecule has 1 amide bonds. The Balaban J connectivity index is 1.28. The minimum atomic E-state index is -0.268. The molecule has 3 aromatic rings. The van der Waals surface area contributed by atoms with Crippen molar-refractivity contribution in [3.8, 4) is 0 Å². The van der Waals surface area contributed by atoms with Crippen LogP contribution in [0.3, 0.4) is 0 Å². The van der Waals surface area contributed by atoms with Crippen LogP contribution in [0.5, 0.6) is 0 Å². The summed E-state index contributed by atoms with van der Waals surface area (Å²) < 4.78 is 5.15. The van der Waals surface area contributed by atoms with Gasteiger partial charge in [0, 0.05) is 19.0 Å². The van der Waals surface area contributed by atoms with Crippen LogP contribution in [-0.4, -0.2) is 38.4 Å². The number of fused-ring (bicyclic) bond motifs is 1. The standard InChI is InChI=1S/C24H28N6O2/c1-32-13-15-2-4-19(5-3-15)27-23(31)21-20-12-25-14-26-22(20)30(28-21)29-24-9-16-6-17(10-24)8-18(7-16)11-24/h2-5,12,14,16-18,29H,6-11,13H2,1H3,(H,27,31). The van der Waals surface area contributed by atoms with E-state index in [9.17, 15) is 4.79 Å². The number of rotatable bonds is 6. The van der Waals surface area contributed by atoms with Crippen LogP contribution in [0.2, 0.25) is 0 Å². The highest BCUT2D eigenvalue weighted by atomic mass is 16.5. The molecule has 0 radical (unpaired) electrons. The van der Waals surface area contributed by atoms with Gasteiger partial charge in [-0.3, -0.25) is 4.79 Å². The first-order chi connectivity index (χ1) is 15.6. The van der Waals surface area contributed by atoms with Crippen molar-refractivity contribution in [3.05, 3.63) is 48.0 Å². The molecule has 8 nitrogen and oxygen atoms in total. The summed E-state index contributed by atoms with van der Waals surface area (Å²) in [4.78, 5) is 23.5. The number of carbonyl (C=O) groups is 1. The predicted molar refractivity (Wildman–Crippen MR) is 121 cm³/mol. The van der Waals surface area contributed by atoms with E-state index in [1.54, 1.807) is 18.1 Å². The van der Waals surface area contributed by atoms with Gasteiger partial charge in [-0.05, 0) is 74.0 Å². The molecule has 4 bridgehead atoms. The van der Waals surface area contributed by atoms with Crippen LogP contribution in [0, 0.1) is 17.8 Å². The maximum atomic E-state index is 13.1. The van der Waals surface area contributed by atoms with E-state index in [2.05, 4.69) is 25.8 Å². The molecule has 1 aromatic carbocycles. The van der Waals surface area contributed by atoms with Crippen molar-refractivity contribution in [3.63, 3.8) is 0 Å². The maximum Gasteiger partial charge on any atom is 0.277 e. The molecule has 166 valence electrons. The molecule has 4 aliphatic rings. The first kappa shape index (κ1) is 19.7. The second kappa shape index (κ2) is 7.55. The topological polar surface area (TPSA) is 94.0 Å². The number of hydrogen-bond donors (Lipinski definition) is 2. The van der Waals surface area contributed by atoms with E-state index in [0.29, 0.717) is 29.0 Å². The van der Waals surface area contributed by atoms with E-state index in [1.165, 1.54) is 44.9 Å². The molecular formula is C24H28N6O2. The molecule has 4 aliphatic carbocycles. The normalized spacial score (nSPS) is 28.2. The van der Waals surface area contributed by atoms with Crippen molar-refractivity contribution in [2.45, 2.75) is 50.7 Å². The van der Waals surface area contributed by atoms with Crippen LogP contribution >= 0.6 is 0 Å². The zero-order valence-corrected chi connectivity index (χ0v) is 18.3. The molecule has 2 N–H and O–H groups in total. The number of hydrogen-bond acceptors (Lipinski definition) is 6. The van der Waals surface area contributed by atoms with Crippen LogP contribution in [0.1, 0.15) is 54.6 Å². The van der Waals surface area contributed by atoms with Crippen molar-refractivity contribution in [2.24, 2.45) is 17.8 Å². The lowest BCUT2D eigenvalue weighted by atomic mass is 9.53. The Labute approximate surface area is 186 Å². The summed E-state index contributed by atoms with van der Waals surface area (Å²) in [6.45, 7) is 0.538. The first-order valence-corrected chi connectivity index (χ1v) is 11.5. The molecule has 32 heavy (non-hydrogen) atoms. The fraction of sp³-hybridized carbons (Fsp3) is 0.500. The molecule has 0 spiro atoms. The molecule has 0 unspecified atom stereocenters. The summed E-state index contributed by atoms with van der Waals surface area (Å²) in [6.07, 6.45) is 10.9. The number of aromatic nitrogens is 4. The summed E-state index contributed by atoms with van der Waals surface area (Å²) in [6, 6.07) is 7.62. The number of nitrogens with one attached hydrogen (secondary N) is 2. The second-order valence-electron chi connectivity index (χ2n) is 9.91. The zero-order chi connectivity index (χ0) is 21.7. The van der Waals surface area contributed by atoms with Gasteiger partial charge >= 0.3 is 0 Å². The SMILES string of the molecule is COCc1ccc(NC(=O)c2nn(NC34CC5CC(CC(C5)C3)C4)c3ncncc23)cc1. The monoisotopic (exact) mass is 432 g/mol. The average molecular weight is 433 g/mol. The molecule has 8 heteroatoms. The van der Waals surface area contributed by atoms with Crippen molar-refractivity contribution in [1.82, 2.24) is 19.9 Å². The smallest absolute Gasteiger partial charge is 0.277 e. The van der Waals surface area contributed by atoms with E-state index in [-0.39, 0.29) is 11.4 Å². The quantitative estimate of drug-likeness (QED) is 0.616. The van der Waals surface area contributed by atoms with Crippen LogP contribution in [0.15, 0.2) is 36.8 Å². The van der Waals surface area contributed by atoms with Gasteiger partial charge in [0.1, 0.15) is 6.33 Å². The Morgan fingerprint density at radius 1 is 1.12 bits per heavy atom. The van der Waals surface area contributed by atoms with E-state index in [4.69, 9.17) is 4.74 Å². The third-order valence-corrected chi connectivity index (χ3v) is 7.47. The Hall–Kier alpha value is -3.00. The lowest BCUT2D eigenvalue weighted by Crippen LogP contribution is -2.57. The van der Waals surface area contributed by atoms with Crippen molar-refractivity contribution in [1.29, 1.82) is 0 Å². The average Bonchev–Trinajstić information content (AvgIpc) is 3.12. The molecule has 7 rings (SSSR count). The lowest BCUT2D eigenvalue weighted by Gasteiger charge is -2.56. The number of benzene rings is 1. The number of methoxy groups -OCH3 is 1. The Morgan fingerprint density at radius 3 is 2.47 bits per heavy atom. The van der Waals surface area contributed by atoms with Gasteiger partial charge in [0.25, 0.3) is 5.91 Å². The predicted octanol–water partition coefficient (Wildman–Crippen LogP) is 3.74. The lowest BCUT2D eigenvalue weighted by molar-refractivity contribution is 0.00414. The van der Waals surface area contributed by atoms with Gasteiger partial charge in [0.2, 0.25) is 0 Å². The van der Waals surface area contributed by atoms with Gasteiger partial charge in [0.05, 0.1) is 17.5 Å². The third-order valence-electron chi connectivity index (χ3n) is 7.47. The fourth-order valence-corrected chi connectivity index (χ4v) is 6.62. The summed E-state index contributed by atoms with van der Waals surface area (Å²) in [7, 11) is 1.66. The summed E-state index contributed by atoms with van der Waals surface area (Å²) in [5.41, 5.74) is 6.51. The molecule has 4 saturated carbocycles. The highest BCUT2D eigenvalue weighted by Crippen LogP contribution is 2.56. The van der Waals surface area contributed by atoms with Gasteiger partial charge in [-0.25, -0.2) is 9.97 Å². The summed E-state index contributed by atoms with van der Waals surface area (Å²) >= 11 is 0. The van der Waals surface area contributed by atoms with E-state index in [1.807, 2.05) is 24.3 Å². The maximum absolute atomic E-state index is 13.1. The molecule has 0 atom stereocenters. The van der Waals surface area contributed by atoms with E-state index < -0.39 is 0 Å². The van der Waals surface area contributed by atoms with Gasteiger partial charge in [0.15, 0.2) is 11.3 Å². The van der Waals surface area contributed by atoms with E-state index in [0.717, 1.165) is 23.3 Å². The van der Waals surface area contributed by atoms with E-state index >= 15 is 0 Å². The van der Waals surface area contributed by atoms with Gasteiger partial charge < -0.3 is 15.5 Å². The molecule has 0 saturated heterocycles. The highest BCUT2D eigenvalue weighted by Gasteiger charge is 2.51. The Morgan fingerprint density at radius 2 is 1.81 bits per heavy atom. The number of carbonyl (C=O) groups excluding carboxylic acids is 1. The molecule has 2 heterocycles. The summed E-state index contributed by atoms with van der Waals surface area (Å²) in [5.74, 6) is 2.17. The van der Waals surface area contributed by atoms with Crippen molar-refractivity contribution < 1.29 is 9.53 Å². The van der Waals surface area contributed by atoms with Crippen LogP contribution in [0.4, 0.5) is 5.69 Å².